The molecule has 7 rings (SSSR count). The average molecular weight is 985 g/mol. The van der Waals surface area contributed by atoms with Crippen LogP contribution in [0.15, 0.2) is 127 Å². The molecule has 0 saturated carbocycles. The van der Waals surface area contributed by atoms with Gasteiger partial charge in [-0.25, -0.2) is 0 Å². The summed E-state index contributed by atoms with van der Waals surface area (Å²) < 4.78 is 81.9. The highest BCUT2D eigenvalue weighted by Crippen LogP contribution is 2.33. The number of hydrogen-bond acceptors (Lipinski definition) is 15. The highest BCUT2D eigenvalue weighted by Gasteiger charge is 2.13. The molecule has 7 aromatic rings. The molecule has 0 amide bonds. The van der Waals surface area contributed by atoms with Gasteiger partial charge in [0.05, 0.1) is 63.5 Å². The number of methoxy groups -OCH3 is 8. The van der Waals surface area contributed by atoms with Gasteiger partial charge in [-0.05, 0) is 124 Å². The molecule has 0 aromatic heterocycles. The maximum absolute atomic E-state index is 10.3. The molecule has 0 atom stereocenters. The van der Waals surface area contributed by atoms with Crippen LogP contribution in [0.1, 0.15) is 38.9 Å². The normalized spacial score (nSPS) is 10.7. The van der Waals surface area contributed by atoms with E-state index in [1.165, 1.54) is 0 Å². The second-order valence-electron chi connectivity index (χ2n) is 16.2. The minimum Gasteiger partial charge on any atom is -0.497 e. The van der Waals surface area contributed by atoms with Crippen LogP contribution in [0.4, 0.5) is 0 Å². The number of aliphatic hydroxyl groups excluding tert-OH is 1. The second-order valence-corrected chi connectivity index (χ2v) is 16.2. The average Bonchev–Trinajstić information content (AvgIpc) is 3.43. The van der Waals surface area contributed by atoms with Crippen LogP contribution in [0.25, 0.3) is 0 Å². The van der Waals surface area contributed by atoms with Gasteiger partial charge < -0.3 is 71.4 Å². The van der Waals surface area contributed by atoms with E-state index in [-0.39, 0.29) is 46.2 Å². The fourth-order valence-corrected chi connectivity index (χ4v) is 7.45. The Morgan fingerprint density at radius 3 is 0.500 bits per heavy atom. The monoisotopic (exact) mass is 984 g/mol. The molecule has 7 aromatic carbocycles. The van der Waals surface area contributed by atoms with Crippen LogP contribution in [0.2, 0.25) is 0 Å². The largest absolute Gasteiger partial charge is 0.497 e. The van der Waals surface area contributed by atoms with Crippen LogP contribution in [0, 0.1) is 0 Å². The molecule has 0 fully saturated rings. The van der Waals surface area contributed by atoms with E-state index in [1.807, 2.05) is 84.9 Å². The van der Waals surface area contributed by atoms with E-state index in [2.05, 4.69) is 0 Å². The van der Waals surface area contributed by atoms with Crippen molar-refractivity contribution in [1.82, 2.24) is 0 Å². The first kappa shape index (κ1) is 51.5. The Morgan fingerprint density at radius 1 is 0.208 bits per heavy atom. The SMILES string of the molecule is COc1cc(COc2cc(COc3cc(CO)cc(OCc4cc(OCc5cc(OC)cc(OC)c5)cc(OCc5cc(OC)cc(OC)c5)c4)c3)cc(OCc3cc(OC)cc(OC)c3)c2)cc(OC)c1. The van der Waals surface area contributed by atoms with E-state index < -0.39 is 0 Å². The minimum atomic E-state index is -0.246. The van der Waals surface area contributed by atoms with E-state index in [0.717, 1.165) is 33.4 Å². The van der Waals surface area contributed by atoms with Gasteiger partial charge in [0, 0.05) is 42.5 Å². The summed E-state index contributed by atoms with van der Waals surface area (Å²) in [5.74, 6) is 8.29. The Morgan fingerprint density at radius 2 is 0.347 bits per heavy atom. The molecule has 0 saturated heterocycles. The predicted molar refractivity (Wildman–Crippen MR) is 269 cm³/mol. The van der Waals surface area contributed by atoms with Crippen molar-refractivity contribution in [3.8, 4) is 80.5 Å². The van der Waals surface area contributed by atoms with Crippen molar-refractivity contribution in [2.24, 2.45) is 0 Å². The molecule has 0 heterocycles. The Kier molecular flexibility index (Phi) is 18.3. The van der Waals surface area contributed by atoms with Crippen LogP contribution < -0.4 is 66.3 Å². The molecule has 378 valence electrons. The molecule has 0 aliphatic rings. The lowest BCUT2D eigenvalue weighted by Crippen LogP contribution is -2.03. The van der Waals surface area contributed by atoms with Gasteiger partial charge in [-0.2, -0.15) is 0 Å². The number of hydrogen-bond donors (Lipinski definition) is 1. The summed E-state index contributed by atoms with van der Waals surface area (Å²) in [5.41, 5.74) is 5.49. The molecule has 72 heavy (non-hydrogen) atoms. The van der Waals surface area contributed by atoms with Crippen LogP contribution in [0.3, 0.4) is 0 Å². The summed E-state index contributed by atoms with van der Waals surface area (Å²) in [6.45, 7) is 0.899. The lowest BCUT2D eigenvalue weighted by atomic mass is 10.1. The minimum absolute atomic E-state index is 0.125. The van der Waals surface area contributed by atoms with Gasteiger partial charge in [0.2, 0.25) is 0 Å². The Bertz CT molecular complexity index is 2450. The number of rotatable bonds is 27. The first-order valence-corrected chi connectivity index (χ1v) is 22.8. The van der Waals surface area contributed by atoms with Gasteiger partial charge in [0.25, 0.3) is 0 Å². The maximum atomic E-state index is 10.3. The van der Waals surface area contributed by atoms with Gasteiger partial charge in [-0.1, -0.05) is 0 Å². The maximum Gasteiger partial charge on any atom is 0.123 e. The van der Waals surface area contributed by atoms with Gasteiger partial charge in [-0.15, -0.1) is 0 Å². The molecule has 0 aliphatic heterocycles. The van der Waals surface area contributed by atoms with Gasteiger partial charge in [-0.3, -0.25) is 0 Å². The third kappa shape index (κ3) is 14.9. The molecule has 15 heteroatoms. The zero-order valence-electron chi connectivity index (χ0n) is 41.7. The van der Waals surface area contributed by atoms with Crippen LogP contribution in [-0.4, -0.2) is 62.0 Å². The fraction of sp³-hybridized carbons (Fsp3) is 0.263. The predicted octanol–water partition coefficient (Wildman–Crippen LogP) is 10.7. The quantitative estimate of drug-likeness (QED) is 0.0520. The molecule has 0 bridgehead atoms. The molecule has 0 radical (unpaired) electrons. The van der Waals surface area contributed by atoms with E-state index in [1.54, 1.807) is 99.3 Å². The second kappa shape index (κ2) is 25.5. The Hall–Kier alpha value is -8.30. The fourth-order valence-electron chi connectivity index (χ4n) is 7.45. The number of ether oxygens (including phenoxy) is 14. The van der Waals surface area contributed by atoms with Crippen molar-refractivity contribution in [3.63, 3.8) is 0 Å². The molecule has 15 nitrogen and oxygen atoms in total. The third-order valence-electron chi connectivity index (χ3n) is 11.1. The van der Waals surface area contributed by atoms with Crippen molar-refractivity contribution in [3.05, 3.63) is 166 Å². The van der Waals surface area contributed by atoms with Crippen molar-refractivity contribution in [1.29, 1.82) is 0 Å². The molecular formula is C57H60O15. The van der Waals surface area contributed by atoms with Crippen LogP contribution in [0.5, 0.6) is 80.5 Å². The first-order chi connectivity index (χ1) is 35.1. The van der Waals surface area contributed by atoms with E-state index in [0.29, 0.717) is 86.1 Å². The first-order valence-electron chi connectivity index (χ1n) is 22.8. The van der Waals surface area contributed by atoms with E-state index in [4.69, 9.17) is 66.3 Å². The van der Waals surface area contributed by atoms with Crippen molar-refractivity contribution < 1.29 is 71.4 Å². The summed E-state index contributed by atoms with van der Waals surface area (Å²) in [4.78, 5) is 0. The van der Waals surface area contributed by atoms with Gasteiger partial charge >= 0.3 is 0 Å². The Balaban J connectivity index is 1.10. The third-order valence-corrected chi connectivity index (χ3v) is 11.1. The molecule has 0 aliphatic carbocycles. The van der Waals surface area contributed by atoms with Crippen molar-refractivity contribution >= 4 is 0 Å². The summed E-state index contributed by atoms with van der Waals surface area (Å²) in [6, 6.07) is 38.8. The van der Waals surface area contributed by atoms with Gasteiger partial charge in [0.1, 0.15) is 120 Å². The number of aliphatic hydroxyl groups is 1. The molecule has 1 N–H and O–H groups in total. The highest BCUT2D eigenvalue weighted by molar-refractivity contribution is 5.45. The summed E-state index contributed by atoms with van der Waals surface area (Å²) in [5, 5.41) is 10.3. The summed E-state index contributed by atoms with van der Waals surface area (Å²) >= 11 is 0. The highest BCUT2D eigenvalue weighted by atomic mass is 16.5. The smallest absolute Gasteiger partial charge is 0.123 e. The van der Waals surface area contributed by atoms with E-state index in [9.17, 15) is 5.11 Å². The molecular weight excluding hydrogens is 925 g/mol. The van der Waals surface area contributed by atoms with Crippen LogP contribution >= 0.6 is 0 Å². The number of benzene rings is 7. The Labute approximate surface area is 420 Å². The standard InChI is InChI=1S/C57H60O15/c1-59-44-11-38(12-45(23-44)60-2)31-69-54-19-42(20-55(28-54)70-32-39-13-46(61-3)24-47(14-39)62-4)35-67-52-9-37(30-58)10-53(27-52)68-36-43-21-56(71-33-40-15-48(63-5)25-49(16-40)64-6)29-57(22-43)72-34-41-17-50(65-7)26-51(18-41)66-8/h9-29,58H,30-36H2,1-8H3. The molecule has 0 spiro atoms. The zero-order chi connectivity index (χ0) is 50.8. The van der Waals surface area contributed by atoms with Crippen molar-refractivity contribution in [2.75, 3.05) is 56.9 Å². The topological polar surface area (TPSA) is 149 Å². The lowest BCUT2D eigenvalue weighted by molar-refractivity contribution is 0.267. The summed E-state index contributed by atoms with van der Waals surface area (Å²) in [7, 11) is 12.8. The van der Waals surface area contributed by atoms with Gasteiger partial charge in [0.15, 0.2) is 0 Å². The lowest BCUT2D eigenvalue weighted by Gasteiger charge is -2.16. The molecule has 0 unspecified atom stereocenters. The zero-order valence-corrected chi connectivity index (χ0v) is 41.7. The van der Waals surface area contributed by atoms with Crippen LogP contribution in [-0.2, 0) is 46.2 Å². The van der Waals surface area contributed by atoms with Crippen molar-refractivity contribution in [2.45, 2.75) is 46.2 Å². The van der Waals surface area contributed by atoms with E-state index >= 15 is 0 Å². The summed E-state index contributed by atoms with van der Waals surface area (Å²) in [6.07, 6.45) is 0.